The number of piperidine rings is 1. The standard InChI is InChI=1S/C25H29N3O4S/c1-17-11-13-21(14-12-17)23(20-8-5-4-6-9-20)26-25(29)22-10-7-15-28(16-22)33(30,31)24-18(2)27-32-19(24)3/h4-6,8-9,11-14,22-23H,7,10,15-16H2,1-3H3,(H,26,29). The van der Waals surface area contributed by atoms with Gasteiger partial charge in [0.1, 0.15) is 10.6 Å². The predicted molar refractivity (Wildman–Crippen MR) is 125 cm³/mol. The molecule has 4 rings (SSSR count). The molecule has 2 heterocycles. The first-order valence-electron chi connectivity index (χ1n) is 11.1. The molecule has 0 spiro atoms. The van der Waals surface area contributed by atoms with Crippen LogP contribution in [0.5, 0.6) is 0 Å². The minimum atomic E-state index is -3.79. The van der Waals surface area contributed by atoms with Crippen molar-refractivity contribution in [3.05, 3.63) is 82.7 Å². The molecule has 1 fully saturated rings. The Balaban J connectivity index is 1.56. The molecule has 1 aliphatic rings. The van der Waals surface area contributed by atoms with E-state index in [-0.39, 0.29) is 29.1 Å². The fraction of sp³-hybridized carbons (Fsp3) is 0.360. The smallest absolute Gasteiger partial charge is 0.248 e. The summed E-state index contributed by atoms with van der Waals surface area (Å²) in [6.45, 7) is 5.73. The van der Waals surface area contributed by atoms with Gasteiger partial charge >= 0.3 is 0 Å². The van der Waals surface area contributed by atoms with Crippen molar-refractivity contribution >= 4 is 15.9 Å². The molecule has 1 aromatic heterocycles. The van der Waals surface area contributed by atoms with Crippen LogP contribution in [0.15, 0.2) is 64.0 Å². The number of nitrogens with one attached hydrogen (secondary N) is 1. The van der Waals surface area contributed by atoms with Gasteiger partial charge in [-0.3, -0.25) is 4.79 Å². The molecule has 0 aliphatic carbocycles. The van der Waals surface area contributed by atoms with Crippen molar-refractivity contribution in [3.8, 4) is 0 Å². The third-order valence-electron chi connectivity index (χ3n) is 6.15. The van der Waals surface area contributed by atoms with Gasteiger partial charge in [-0.05, 0) is 44.7 Å². The van der Waals surface area contributed by atoms with Crippen LogP contribution in [0, 0.1) is 26.7 Å². The van der Waals surface area contributed by atoms with Crippen molar-refractivity contribution in [3.63, 3.8) is 0 Å². The summed E-state index contributed by atoms with van der Waals surface area (Å²) in [6, 6.07) is 17.6. The quantitative estimate of drug-likeness (QED) is 0.593. The first-order chi connectivity index (χ1) is 15.8. The van der Waals surface area contributed by atoms with Crippen LogP contribution in [0.25, 0.3) is 0 Å². The minimum absolute atomic E-state index is 0.102. The Labute approximate surface area is 194 Å². The van der Waals surface area contributed by atoms with Crippen LogP contribution < -0.4 is 5.32 Å². The molecule has 8 heteroatoms. The first-order valence-corrected chi connectivity index (χ1v) is 12.6. The van der Waals surface area contributed by atoms with Crippen LogP contribution in [0.3, 0.4) is 0 Å². The Kier molecular flexibility index (Phi) is 6.67. The lowest BCUT2D eigenvalue weighted by Crippen LogP contribution is -2.46. The van der Waals surface area contributed by atoms with Gasteiger partial charge in [-0.2, -0.15) is 4.31 Å². The molecule has 0 radical (unpaired) electrons. The molecular formula is C25H29N3O4S. The van der Waals surface area contributed by atoms with Crippen molar-refractivity contribution in [1.29, 1.82) is 0 Å². The van der Waals surface area contributed by atoms with E-state index in [4.69, 9.17) is 4.52 Å². The highest BCUT2D eigenvalue weighted by molar-refractivity contribution is 7.89. The first kappa shape index (κ1) is 23.2. The second-order valence-electron chi connectivity index (χ2n) is 8.62. The summed E-state index contributed by atoms with van der Waals surface area (Å²) < 4.78 is 33.0. The zero-order chi connectivity index (χ0) is 23.6. The van der Waals surface area contributed by atoms with Crippen molar-refractivity contribution in [2.24, 2.45) is 5.92 Å². The monoisotopic (exact) mass is 467 g/mol. The van der Waals surface area contributed by atoms with Crippen molar-refractivity contribution in [1.82, 2.24) is 14.8 Å². The van der Waals surface area contributed by atoms with Gasteiger partial charge in [0, 0.05) is 13.1 Å². The number of carbonyl (C=O) groups is 1. The maximum Gasteiger partial charge on any atom is 0.248 e. The van der Waals surface area contributed by atoms with Gasteiger partial charge in [-0.1, -0.05) is 65.3 Å². The van der Waals surface area contributed by atoms with Crippen LogP contribution in [0.1, 0.15) is 47.0 Å². The van der Waals surface area contributed by atoms with Gasteiger partial charge in [0.25, 0.3) is 0 Å². The highest BCUT2D eigenvalue weighted by Gasteiger charge is 2.37. The summed E-state index contributed by atoms with van der Waals surface area (Å²) in [6.07, 6.45) is 1.25. The van der Waals surface area contributed by atoms with E-state index in [0.717, 1.165) is 16.7 Å². The van der Waals surface area contributed by atoms with Crippen molar-refractivity contribution < 1.29 is 17.7 Å². The largest absolute Gasteiger partial charge is 0.360 e. The Morgan fingerprint density at radius 1 is 1.06 bits per heavy atom. The lowest BCUT2D eigenvalue weighted by atomic mass is 9.94. The fourth-order valence-electron chi connectivity index (χ4n) is 4.37. The third-order valence-corrected chi connectivity index (χ3v) is 8.26. The maximum absolute atomic E-state index is 13.4. The van der Waals surface area contributed by atoms with Gasteiger partial charge in [-0.25, -0.2) is 8.42 Å². The van der Waals surface area contributed by atoms with E-state index in [9.17, 15) is 13.2 Å². The number of nitrogens with zero attached hydrogens (tertiary/aromatic N) is 2. The van der Waals surface area contributed by atoms with Crippen LogP contribution >= 0.6 is 0 Å². The van der Waals surface area contributed by atoms with Crippen LogP contribution in [-0.4, -0.2) is 36.9 Å². The van der Waals surface area contributed by atoms with Crippen LogP contribution in [0.2, 0.25) is 0 Å². The third kappa shape index (κ3) is 4.86. The van der Waals surface area contributed by atoms with Crippen molar-refractivity contribution in [2.45, 2.75) is 44.6 Å². The highest BCUT2D eigenvalue weighted by Crippen LogP contribution is 2.29. The van der Waals surface area contributed by atoms with Gasteiger partial charge in [0.05, 0.1) is 12.0 Å². The Hall–Kier alpha value is -2.97. The number of aryl methyl sites for hydroxylation is 3. The predicted octanol–water partition coefficient (Wildman–Crippen LogP) is 3.91. The molecule has 0 bridgehead atoms. The lowest BCUT2D eigenvalue weighted by Gasteiger charge is -2.32. The molecule has 3 aromatic rings. The van der Waals surface area contributed by atoms with E-state index >= 15 is 0 Å². The minimum Gasteiger partial charge on any atom is -0.360 e. The van der Waals surface area contributed by atoms with E-state index < -0.39 is 15.9 Å². The number of hydrogen-bond acceptors (Lipinski definition) is 5. The number of carbonyl (C=O) groups excluding carboxylic acids is 1. The molecule has 1 amide bonds. The topological polar surface area (TPSA) is 92.5 Å². The van der Waals surface area contributed by atoms with E-state index in [1.807, 2.05) is 61.5 Å². The molecule has 2 unspecified atom stereocenters. The molecule has 0 saturated carbocycles. The zero-order valence-corrected chi connectivity index (χ0v) is 19.9. The number of benzene rings is 2. The second-order valence-corrected chi connectivity index (χ2v) is 10.5. The number of rotatable bonds is 6. The fourth-order valence-corrected chi connectivity index (χ4v) is 6.19. The van der Waals surface area contributed by atoms with Gasteiger partial charge in [0.15, 0.2) is 5.76 Å². The van der Waals surface area contributed by atoms with E-state index in [1.54, 1.807) is 13.8 Å². The average Bonchev–Trinajstić information content (AvgIpc) is 3.17. The molecule has 7 nitrogen and oxygen atoms in total. The van der Waals surface area contributed by atoms with E-state index in [2.05, 4.69) is 10.5 Å². The molecule has 1 saturated heterocycles. The van der Waals surface area contributed by atoms with Gasteiger partial charge < -0.3 is 9.84 Å². The number of sulfonamides is 1. The number of hydrogen-bond donors (Lipinski definition) is 1. The Morgan fingerprint density at radius 2 is 1.73 bits per heavy atom. The molecule has 174 valence electrons. The summed E-state index contributed by atoms with van der Waals surface area (Å²) in [5.41, 5.74) is 3.44. The number of amides is 1. The molecule has 2 atom stereocenters. The van der Waals surface area contributed by atoms with Crippen LogP contribution in [0.4, 0.5) is 0 Å². The van der Waals surface area contributed by atoms with E-state index in [1.165, 1.54) is 4.31 Å². The molecule has 33 heavy (non-hydrogen) atoms. The maximum atomic E-state index is 13.4. The normalized spacial score (nSPS) is 18.1. The SMILES string of the molecule is Cc1ccc(C(NC(=O)C2CCCN(S(=O)(=O)c3c(C)noc3C)C2)c2ccccc2)cc1. The number of aromatic nitrogens is 1. The molecule has 1 aliphatic heterocycles. The van der Waals surface area contributed by atoms with Crippen LogP contribution in [-0.2, 0) is 14.8 Å². The van der Waals surface area contributed by atoms with Crippen molar-refractivity contribution in [2.75, 3.05) is 13.1 Å². The summed E-state index contributed by atoms with van der Waals surface area (Å²) in [5.74, 6) is -0.323. The second kappa shape index (κ2) is 9.49. The zero-order valence-electron chi connectivity index (χ0n) is 19.1. The Morgan fingerprint density at radius 3 is 2.36 bits per heavy atom. The summed E-state index contributed by atoms with van der Waals surface area (Å²) in [4.78, 5) is 13.5. The average molecular weight is 468 g/mol. The summed E-state index contributed by atoms with van der Waals surface area (Å²) >= 11 is 0. The highest BCUT2D eigenvalue weighted by atomic mass is 32.2. The lowest BCUT2D eigenvalue weighted by molar-refractivity contribution is -0.126. The molecular weight excluding hydrogens is 438 g/mol. The molecule has 1 N–H and O–H groups in total. The molecule has 2 aromatic carbocycles. The Bertz CT molecular complexity index is 1200. The summed E-state index contributed by atoms with van der Waals surface area (Å²) in [7, 11) is -3.79. The van der Waals surface area contributed by atoms with E-state index in [0.29, 0.717) is 25.1 Å². The van der Waals surface area contributed by atoms with Gasteiger partial charge in [-0.15, -0.1) is 0 Å². The summed E-state index contributed by atoms with van der Waals surface area (Å²) in [5, 5.41) is 6.96. The van der Waals surface area contributed by atoms with Gasteiger partial charge in [0.2, 0.25) is 15.9 Å².